The van der Waals surface area contributed by atoms with Crippen molar-refractivity contribution in [1.29, 1.82) is 0 Å². The molecule has 154 valence electrons. The molecule has 1 fully saturated rings. The van der Waals surface area contributed by atoms with E-state index in [1.165, 1.54) is 12.3 Å². The molecule has 2 aliphatic rings. The third-order valence-electron chi connectivity index (χ3n) is 5.70. The van der Waals surface area contributed by atoms with E-state index in [1.807, 2.05) is 0 Å². The van der Waals surface area contributed by atoms with Crippen molar-refractivity contribution >= 4 is 28.5 Å². The summed E-state index contributed by atoms with van der Waals surface area (Å²) in [6.07, 6.45) is 3.41. The third-order valence-corrected chi connectivity index (χ3v) is 5.91. The fourth-order valence-electron chi connectivity index (χ4n) is 4.20. The van der Waals surface area contributed by atoms with E-state index in [4.69, 9.17) is 22.1 Å². The van der Waals surface area contributed by atoms with Crippen LogP contribution in [0.3, 0.4) is 0 Å². The van der Waals surface area contributed by atoms with Gasteiger partial charge in [-0.3, -0.25) is 9.97 Å². The Morgan fingerprint density at radius 1 is 1.23 bits per heavy atom. The van der Waals surface area contributed by atoms with Gasteiger partial charge in [0.2, 0.25) is 0 Å². The minimum Gasteiger partial charge on any atom is -0.462 e. The summed E-state index contributed by atoms with van der Waals surface area (Å²) in [6, 6.07) is 5.81. The van der Waals surface area contributed by atoms with E-state index in [1.54, 1.807) is 18.3 Å². The van der Waals surface area contributed by atoms with Gasteiger partial charge in [0.15, 0.2) is 11.6 Å². The van der Waals surface area contributed by atoms with Gasteiger partial charge in [-0.2, -0.15) is 0 Å². The molecule has 0 saturated heterocycles. The Hall–Kier alpha value is -2.87. The number of pyridine rings is 2. The number of nitrogens with two attached hydrogens (primary N) is 1. The fraction of sp³-hybridized carbons (Fsp3) is 0.286. The Bertz CT molecular complexity index is 1200. The van der Waals surface area contributed by atoms with E-state index in [0.717, 1.165) is 11.5 Å². The Kier molecular flexibility index (Phi) is 4.36. The Morgan fingerprint density at radius 2 is 2.07 bits per heavy atom. The van der Waals surface area contributed by atoms with Crippen LogP contribution in [-0.4, -0.2) is 28.8 Å². The van der Waals surface area contributed by atoms with E-state index >= 15 is 0 Å². The zero-order valence-corrected chi connectivity index (χ0v) is 16.3. The van der Waals surface area contributed by atoms with Crippen LogP contribution in [0.2, 0.25) is 5.02 Å². The number of benzene rings is 1. The average molecular weight is 433 g/mol. The maximum atomic E-state index is 14.8. The number of aliphatic imine (C=N–C) groups is 1. The number of ether oxygens (including phenoxy) is 1. The van der Waals surface area contributed by atoms with Crippen LogP contribution in [0.5, 0.6) is 0 Å². The first-order chi connectivity index (χ1) is 14.4. The van der Waals surface area contributed by atoms with Gasteiger partial charge in [-0.15, -0.1) is 0 Å². The lowest BCUT2D eigenvalue weighted by molar-refractivity contribution is 0.167. The highest BCUT2D eigenvalue weighted by Crippen LogP contribution is 2.53. The summed E-state index contributed by atoms with van der Waals surface area (Å²) in [5, 5.41) is 1.26. The van der Waals surface area contributed by atoms with Crippen molar-refractivity contribution in [3.63, 3.8) is 0 Å². The molecule has 0 unspecified atom stereocenters. The van der Waals surface area contributed by atoms with E-state index in [2.05, 4.69) is 15.0 Å². The van der Waals surface area contributed by atoms with Crippen molar-refractivity contribution in [2.24, 2.45) is 16.6 Å². The topological polar surface area (TPSA) is 73.4 Å². The van der Waals surface area contributed by atoms with E-state index in [9.17, 15) is 13.2 Å². The van der Waals surface area contributed by atoms with Gasteiger partial charge in [0.05, 0.1) is 16.2 Å². The predicted molar refractivity (Wildman–Crippen MR) is 106 cm³/mol. The van der Waals surface area contributed by atoms with Gasteiger partial charge < -0.3 is 10.5 Å². The number of halogens is 4. The maximum absolute atomic E-state index is 14.8. The number of alkyl halides is 1. The van der Waals surface area contributed by atoms with Gasteiger partial charge in [-0.1, -0.05) is 11.6 Å². The largest absolute Gasteiger partial charge is 0.462 e. The van der Waals surface area contributed by atoms with Crippen LogP contribution in [0.25, 0.3) is 10.9 Å². The molecule has 0 bridgehead atoms. The summed E-state index contributed by atoms with van der Waals surface area (Å²) in [6.45, 7) is -1.01. The van der Waals surface area contributed by atoms with Crippen LogP contribution in [0.15, 0.2) is 41.7 Å². The fourth-order valence-corrected chi connectivity index (χ4v) is 4.37. The van der Waals surface area contributed by atoms with E-state index < -0.39 is 29.8 Å². The number of hydrogen-bond acceptors (Lipinski definition) is 5. The molecule has 1 aromatic carbocycles. The second-order valence-electron chi connectivity index (χ2n) is 7.61. The number of fused-ring (bicyclic) bond motifs is 2. The van der Waals surface area contributed by atoms with Gasteiger partial charge in [0, 0.05) is 35.7 Å². The number of hydrogen-bond donors (Lipinski definition) is 1. The number of rotatable bonds is 4. The highest BCUT2D eigenvalue weighted by molar-refractivity contribution is 6.31. The first-order valence-electron chi connectivity index (χ1n) is 9.37. The summed E-state index contributed by atoms with van der Waals surface area (Å²) >= 11 is 5.99. The standard InChI is InChI=1S/C21H16ClF3N4O/c22-12-6-11-1-2-27-16(19(11)28-8-12)5-10-3-14(18(25)15(24)4-10)21(9-23)13-7-17(13)30-20(26)29-21/h1-4,6,8,13,17H,5,7,9H2,(H2,26,29)/t13-,17+,21-/m0/s1. The molecule has 1 aliphatic heterocycles. The zero-order valence-electron chi connectivity index (χ0n) is 15.6. The molecule has 0 spiro atoms. The SMILES string of the molecule is NC1=N[C@](CF)(c2cc(Cc3nccc4cc(Cl)cnc34)cc(F)c2F)[C@H]2C[C@H]2O1. The molecule has 5 rings (SSSR count). The van der Waals surface area contributed by atoms with Crippen molar-refractivity contribution in [3.8, 4) is 0 Å². The van der Waals surface area contributed by atoms with Crippen molar-refractivity contribution in [1.82, 2.24) is 9.97 Å². The van der Waals surface area contributed by atoms with Gasteiger partial charge in [-0.05, 0) is 36.2 Å². The first kappa shape index (κ1) is 19.1. The minimum atomic E-state index is -1.59. The van der Waals surface area contributed by atoms with Crippen molar-refractivity contribution < 1.29 is 17.9 Å². The predicted octanol–water partition coefficient (Wildman–Crippen LogP) is 4.05. The molecule has 1 saturated carbocycles. The minimum absolute atomic E-state index is 0.157. The summed E-state index contributed by atoms with van der Waals surface area (Å²) in [4.78, 5) is 12.7. The first-order valence-corrected chi connectivity index (χ1v) is 9.74. The maximum Gasteiger partial charge on any atom is 0.283 e. The molecular formula is C21H16ClF3N4O. The molecule has 3 atom stereocenters. The van der Waals surface area contributed by atoms with Crippen LogP contribution in [0.1, 0.15) is 23.2 Å². The second-order valence-corrected chi connectivity index (χ2v) is 8.04. The highest BCUT2D eigenvalue weighted by Gasteiger charge is 2.60. The quantitative estimate of drug-likeness (QED) is 0.675. The Balaban J connectivity index is 1.61. The molecule has 9 heteroatoms. The van der Waals surface area contributed by atoms with Gasteiger partial charge in [0.25, 0.3) is 6.02 Å². The molecule has 30 heavy (non-hydrogen) atoms. The molecule has 2 aromatic heterocycles. The molecule has 1 aliphatic carbocycles. The Morgan fingerprint density at radius 3 is 2.87 bits per heavy atom. The van der Waals surface area contributed by atoms with E-state index in [-0.39, 0.29) is 24.1 Å². The summed E-state index contributed by atoms with van der Waals surface area (Å²) < 4.78 is 48.9. The molecule has 0 amide bonds. The number of nitrogens with zero attached hydrogens (tertiary/aromatic N) is 3. The second kappa shape index (κ2) is 6.84. The molecular weight excluding hydrogens is 417 g/mol. The molecule has 5 nitrogen and oxygen atoms in total. The van der Waals surface area contributed by atoms with Crippen molar-refractivity contribution in [3.05, 3.63) is 70.1 Å². The normalized spacial score (nSPS) is 24.9. The van der Waals surface area contributed by atoms with Crippen LogP contribution in [0, 0.1) is 17.6 Å². The van der Waals surface area contributed by atoms with Crippen LogP contribution < -0.4 is 5.73 Å². The lowest BCUT2D eigenvalue weighted by Gasteiger charge is -2.31. The molecule has 2 N–H and O–H groups in total. The van der Waals surface area contributed by atoms with Crippen LogP contribution in [0.4, 0.5) is 13.2 Å². The number of amidine groups is 1. The van der Waals surface area contributed by atoms with Gasteiger partial charge in [-0.25, -0.2) is 18.2 Å². The van der Waals surface area contributed by atoms with Crippen LogP contribution >= 0.6 is 11.6 Å². The lowest BCUT2D eigenvalue weighted by atomic mass is 9.84. The van der Waals surface area contributed by atoms with Crippen LogP contribution in [-0.2, 0) is 16.7 Å². The average Bonchev–Trinajstić information content (AvgIpc) is 3.49. The smallest absolute Gasteiger partial charge is 0.283 e. The van der Waals surface area contributed by atoms with E-state index in [0.29, 0.717) is 28.2 Å². The molecule has 3 aromatic rings. The summed E-state index contributed by atoms with van der Waals surface area (Å²) in [5.74, 6) is -2.60. The zero-order chi connectivity index (χ0) is 21.0. The van der Waals surface area contributed by atoms with Gasteiger partial charge in [0.1, 0.15) is 18.3 Å². The summed E-state index contributed by atoms with van der Waals surface area (Å²) in [7, 11) is 0. The summed E-state index contributed by atoms with van der Waals surface area (Å²) in [5.41, 5.74) is 5.52. The van der Waals surface area contributed by atoms with Crippen molar-refractivity contribution in [2.45, 2.75) is 24.5 Å². The molecule has 3 heterocycles. The Labute approximate surface area is 174 Å². The highest BCUT2D eigenvalue weighted by atomic mass is 35.5. The number of aromatic nitrogens is 2. The van der Waals surface area contributed by atoms with Gasteiger partial charge >= 0.3 is 0 Å². The molecule has 0 radical (unpaired) electrons. The third kappa shape index (κ3) is 2.98. The van der Waals surface area contributed by atoms with Crippen molar-refractivity contribution in [2.75, 3.05) is 6.67 Å². The monoisotopic (exact) mass is 432 g/mol. The lowest BCUT2D eigenvalue weighted by Crippen LogP contribution is -2.40.